The van der Waals surface area contributed by atoms with E-state index in [-0.39, 0.29) is 18.3 Å². The molecule has 6 nitrogen and oxygen atoms in total. The van der Waals surface area contributed by atoms with Gasteiger partial charge in [0.15, 0.2) is 0 Å². The molecule has 0 saturated carbocycles. The predicted octanol–water partition coefficient (Wildman–Crippen LogP) is 1.67. The van der Waals surface area contributed by atoms with Gasteiger partial charge in [-0.1, -0.05) is 18.2 Å². The fourth-order valence-electron chi connectivity index (χ4n) is 2.50. The Balaban J connectivity index is 1.67. The Kier molecular flexibility index (Phi) is 6.43. The van der Waals surface area contributed by atoms with Gasteiger partial charge in [0.25, 0.3) is 0 Å². The van der Waals surface area contributed by atoms with E-state index in [9.17, 15) is 9.18 Å². The smallest absolute Gasteiger partial charge is 0.234 e. The van der Waals surface area contributed by atoms with Crippen molar-refractivity contribution in [3.63, 3.8) is 0 Å². The molecule has 0 aliphatic carbocycles. The molecule has 1 aromatic carbocycles. The van der Waals surface area contributed by atoms with Crippen LogP contribution in [0.25, 0.3) is 0 Å². The Labute approximate surface area is 141 Å². The summed E-state index contributed by atoms with van der Waals surface area (Å²) in [5.74, 6) is 1.32. The molecule has 0 unspecified atom stereocenters. The van der Waals surface area contributed by atoms with Crippen LogP contribution < -0.4 is 5.32 Å². The summed E-state index contributed by atoms with van der Waals surface area (Å²) < 4.78 is 15.4. The zero-order valence-corrected chi connectivity index (χ0v) is 14.4. The Bertz CT molecular complexity index is 685. The monoisotopic (exact) mass is 333 g/mol. The van der Waals surface area contributed by atoms with Crippen molar-refractivity contribution in [1.82, 2.24) is 25.0 Å². The minimum atomic E-state index is -0.247. The van der Waals surface area contributed by atoms with Gasteiger partial charge in [-0.3, -0.25) is 14.4 Å². The lowest BCUT2D eigenvalue weighted by Gasteiger charge is -2.16. The summed E-state index contributed by atoms with van der Waals surface area (Å²) >= 11 is 0. The van der Waals surface area contributed by atoms with Crippen LogP contribution in [0.15, 0.2) is 24.3 Å². The van der Waals surface area contributed by atoms with Crippen molar-refractivity contribution in [2.75, 3.05) is 20.1 Å². The summed E-state index contributed by atoms with van der Waals surface area (Å²) in [6.45, 7) is 5.70. The maximum absolute atomic E-state index is 13.6. The van der Waals surface area contributed by atoms with Gasteiger partial charge in [-0.05, 0) is 33.4 Å². The van der Waals surface area contributed by atoms with Crippen LogP contribution in [-0.4, -0.2) is 45.7 Å². The molecule has 0 bridgehead atoms. The lowest BCUT2D eigenvalue weighted by Crippen LogP contribution is -2.35. The topological polar surface area (TPSA) is 63.1 Å². The van der Waals surface area contributed by atoms with E-state index in [1.165, 1.54) is 6.07 Å². The van der Waals surface area contributed by atoms with E-state index < -0.39 is 0 Å². The van der Waals surface area contributed by atoms with Crippen LogP contribution in [0, 0.1) is 19.7 Å². The number of hydrogen-bond donors (Lipinski definition) is 1. The number of halogens is 1. The molecule has 0 spiro atoms. The molecule has 2 aromatic rings. The van der Waals surface area contributed by atoms with E-state index in [0.717, 1.165) is 24.6 Å². The van der Waals surface area contributed by atoms with E-state index >= 15 is 0 Å². The largest absolute Gasteiger partial charge is 0.355 e. The van der Waals surface area contributed by atoms with E-state index in [1.54, 1.807) is 30.1 Å². The van der Waals surface area contributed by atoms with Crippen molar-refractivity contribution in [2.24, 2.45) is 0 Å². The molecule has 7 heteroatoms. The Morgan fingerprint density at radius 2 is 2.08 bits per heavy atom. The van der Waals surface area contributed by atoms with E-state index in [4.69, 9.17) is 0 Å². The van der Waals surface area contributed by atoms with Crippen molar-refractivity contribution >= 4 is 5.91 Å². The minimum absolute atomic E-state index is 0.0691. The first-order chi connectivity index (χ1) is 11.5. The highest BCUT2D eigenvalue weighted by atomic mass is 19.1. The normalized spacial score (nSPS) is 11.0. The van der Waals surface area contributed by atoms with E-state index in [2.05, 4.69) is 15.4 Å². The van der Waals surface area contributed by atoms with Crippen LogP contribution in [-0.2, 0) is 17.9 Å². The number of carbonyl (C=O) groups is 1. The lowest BCUT2D eigenvalue weighted by atomic mass is 10.2. The summed E-state index contributed by atoms with van der Waals surface area (Å²) in [5.41, 5.74) is 0.588. The summed E-state index contributed by atoms with van der Waals surface area (Å²) in [4.78, 5) is 18.0. The lowest BCUT2D eigenvalue weighted by molar-refractivity contribution is -0.122. The Morgan fingerprint density at radius 1 is 1.33 bits per heavy atom. The molecule has 130 valence electrons. The van der Waals surface area contributed by atoms with Gasteiger partial charge in [0.2, 0.25) is 5.91 Å². The van der Waals surface area contributed by atoms with Crippen LogP contribution in [0.1, 0.15) is 23.6 Å². The van der Waals surface area contributed by atoms with Gasteiger partial charge in [0.05, 0.1) is 6.54 Å². The number of carbonyl (C=O) groups excluding carboxylic acids is 1. The van der Waals surface area contributed by atoms with E-state index in [0.29, 0.717) is 18.7 Å². The molecular formula is C17H24FN5O. The van der Waals surface area contributed by atoms with Crippen molar-refractivity contribution in [3.8, 4) is 0 Å². The average molecular weight is 333 g/mol. The Morgan fingerprint density at radius 3 is 2.75 bits per heavy atom. The summed E-state index contributed by atoms with van der Waals surface area (Å²) in [6.07, 6.45) is 0.784. The molecule has 0 aliphatic heterocycles. The molecule has 1 heterocycles. The molecule has 1 aromatic heterocycles. The number of likely N-dealkylation sites (N-methyl/N-ethyl adjacent to an activating group) is 1. The molecule has 0 fully saturated rings. The summed E-state index contributed by atoms with van der Waals surface area (Å²) in [6, 6.07) is 6.60. The number of nitrogens with one attached hydrogen (secondary N) is 1. The molecule has 0 aliphatic rings. The zero-order chi connectivity index (χ0) is 17.5. The van der Waals surface area contributed by atoms with Crippen LogP contribution in [0.4, 0.5) is 4.39 Å². The van der Waals surface area contributed by atoms with Crippen molar-refractivity contribution in [2.45, 2.75) is 33.4 Å². The molecule has 0 radical (unpaired) electrons. The molecule has 0 atom stereocenters. The fraction of sp³-hybridized carbons (Fsp3) is 0.471. The highest BCUT2D eigenvalue weighted by molar-refractivity contribution is 5.77. The summed E-state index contributed by atoms with van der Waals surface area (Å²) in [7, 11) is 1.80. The first-order valence-corrected chi connectivity index (χ1v) is 8.02. The van der Waals surface area contributed by atoms with Gasteiger partial charge >= 0.3 is 0 Å². The molecule has 1 amide bonds. The highest BCUT2D eigenvalue weighted by Crippen LogP contribution is 2.08. The quantitative estimate of drug-likeness (QED) is 0.747. The number of amides is 1. The van der Waals surface area contributed by atoms with Crippen LogP contribution in [0.3, 0.4) is 0 Å². The fourth-order valence-corrected chi connectivity index (χ4v) is 2.50. The molecule has 24 heavy (non-hydrogen) atoms. The molecule has 2 rings (SSSR count). The van der Waals surface area contributed by atoms with E-state index in [1.807, 2.05) is 18.5 Å². The third kappa shape index (κ3) is 5.42. The van der Waals surface area contributed by atoms with Gasteiger partial charge in [-0.25, -0.2) is 9.37 Å². The second-order valence-corrected chi connectivity index (χ2v) is 5.90. The standard InChI is InChI=1S/C17H24FN5O/c1-13-20-14(2)23(21-13)10-6-9-19-17(24)12-22(3)11-15-7-4-5-8-16(15)18/h4-5,7-8H,6,9-12H2,1-3H3,(H,19,24). The van der Waals surface area contributed by atoms with Gasteiger partial charge < -0.3 is 5.32 Å². The third-order valence-corrected chi connectivity index (χ3v) is 3.64. The first-order valence-electron chi connectivity index (χ1n) is 8.02. The maximum Gasteiger partial charge on any atom is 0.234 e. The van der Waals surface area contributed by atoms with Crippen molar-refractivity contribution in [3.05, 3.63) is 47.3 Å². The van der Waals surface area contributed by atoms with Gasteiger partial charge in [0.1, 0.15) is 17.5 Å². The van der Waals surface area contributed by atoms with Gasteiger partial charge in [0, 0.05) is 25.2 Å². The van der Waals surface area contributed by atoms with Crippen LogP contribution in [0.2, 0.25) is 0 Å². The first kappa shape index (κ1) is 18.1. The second kappa shape index (κ2) is 8.54. The second-order valence-electron chi connectivity index (χ2n) is 5.90. The van der Waals surface area contributed by atoms with Crippen LogP contribution >= 0.6 is 0 Å². The number of nitrogens with zero attached hydrogens (tertiary/aromatic N) is 4. The third-order valence-electron chi connectivity index (χ3n) is 3.64. The van der Waals surface area contributed by atoms with Gasteiger partial charge in [-0.2, -0.15) is 5.10 Å². The highest BCUT2D eigenvalue weighted by Gasteiger charge is 2.09. The maximum atomic E-state index is 13.6. The number of aryl methyl sites for hydroxylation is 3. The zero-order valence-electron chi connectivity index (χ0n) is 14.4. The molecule has 0 saturated heterocycles. The van der Waals surface area contributed by atoms with Crippen molar-refractivity contribution in [1.29, 1.82) is 0 Å². The van der Waals surface area contributed by atoms with Gasteiger partial charge in [-0.15, -0.1) is 0 Å². The number of rotatable bonds is 8. The molecule has 1 N–H and O–H groups in total. The Hall–Kier alpha value is -2.28. The average Bonchev–Trinajstić information content (AvgIpc) is 2.84. The predicted molar refractivity (Wildman–Crippen MR) is 89.9 cm³/mol. The SMILES string of the molecule is Cc1nc(C)n(CCCNC(=O)CN(C)Cc2ccccc2F)n1. The minimum Gasteiger partial charge on any atom is -0.355 e. The van der Waals surface area contributed by atoms with Crippen molar-refractivity contribution < 1.29 is 9.18 Å². The summed E-state index contributed by atoms with van der Waals surface area (Å²) in [5, 5.41) is 7.15. The number of benzene rings is 1. The number of hydrogen-bond acceptors (Lipinski definition) is 4. The molecular weight excluding hydrogens is 309 g/mol. The van der Waals surface area contributed by atoms with Crippen LogP contribution in [0.5, 0.6) is 0 Å². The number of aromatic nitrogens is 3.